The second-order valence-corrected chi connectivity index (χ2v) is 5.27. The van der Waals surface area contributed by atoms with E-state index >= 15 is 0 Å². The molecule has 0 aliphatic carbocycles. The maximum Gasteiger partial charge on any atom is 0.257 e. The van der Waals surface area contributed by atoms with Gasteiger partial charge in [0.2, 0.25) is 0 Å². The molecular formula is C13H18N4O2S. The summed E-state index contributed by atoms with van der Waals surface area (Å²) in [7, 11) is 0. The molecule has 0 aromatic carbocycles. The first-order valence-corrected chi connectivity index (χ1v) is 6.87. The van der Waals surface area contributed by atoms with Crippen LogP contribution in [0.25, 0.3) is 0 Å². The fraction of sp³-hybridized carbons (Fsp3) is 0.462. The summed E-state index contributed by atoms with van der Waals surface area (Å²) in [6, 6.07) is 1.57. The van der Waals surface area contributed by atoms with E-state index in [0.717, 1.165) is 13.1 Å². The van der Waals surface area contributed by atoms with Gasteiger partial charge in [-0.15, -0.1) is 0 Å². The normalized spacial score (nSPS) is 17.8. The predicted molar refractivity (Wildman–Crippen MR) is 79.6 cm³/mol. The molecular weight excluding hydrogens is 276 g/mol. The highest BCUT2D eigenvalue weighted by molar-refractivity contribution is 7.80. The average Bonchev–Trinajstić information content (AvgIpc) is 2.46. The molecule has 1 saturated heterocycles. The molecule has 0 saturated carbocycles. The molecule has 3 N–H and O–H groups in total. The number of carbonyl (C=O) groups excluding carboxylic acids is 1. The summed E-state index contributed by atoms with van der Waals surface area (Å²) in [6.07, 6.45) is 2.77. The van der Waals surface area contributed by atoms with E-state index < -0.39 is 0 Å². The Kier molecular flexibility index (Phi) is 4.51. The largest absolute Gasteiger partial charge is 0.505 e. The van der Waals surface area contributed by atoms with Crippen LogP contribution in [0.3, 0.4) is 0 Å². The lowest BCUT2D eigenvalue weighted by atomic mass is 10.1. The van der Waals surface area contributed by atoms with Crippen LogP contribution in [0.15, 0.2) is 18.5 Å². The number of hydrogen-bond acceptors (Lipinski definition) is 5. The number of carbonyl (C=O) groups is 1. The van der Waals surface area contributed by atoms with Gasteiger partial charge < -0.3 is 15.7 Å². The zero-order valence-electron chi connectivity index (χ0n) is 11.3. The molecule has 2 heterocycles. The van der Waals surface area contributed by atoms with Crippen LogP contribution in [0, 0.1) is 0 Å². The number of pyridine rings is 1. The van der Waals surface area contributed by atoms with E-state index in [-0.39, 0.29) is 23.3 Å². The quantitative estimate of drug-likeness (QED) is 0.776. The van der Waals surface area contributed by atoms with E-state index in [4.69, 9.17) is 18.0 Å². The van der Waals surface area contributed by atoms with Crippen molar-refractivity contribution in [2.24, 2.45) is 5.73 Å². The summed E-state index contributed by atoms with van der Waals surface area (Å²) in [4.78, 5) is 20.4. The summed E-state index contributed by atoms with van der Waals surface area (Å²) in [5.41, 5.74) is 5.93. The summed E-state index contributed by atoms with van der Waals surface area (Å²) in [5, 5.41) is 9.67. The number of hydrogen-bond donors (Lipinski definition) is 2. The van der Waals surface area contributed by atoms with Crippen molar-refractivity contribution >= 4 is 23.1 Å². The fourth-order valence-corrected chi connectivity index (χ4v) is 2.38. The molecule has 1 unspecified atom stereocenters. The molecule has 20 heavy (non-hydrogen) atoms. The first-order chi connectivity index (χ1) is 9.50. The predicted octanol–water partition coefficient (Wildman–Crippen LogP) is 0.220. The third-order valence-corrected chi connectivity index (χ3v) is 3.93. The minimum Gasteiger partial charge on any atom is -0.505 e. The molecule has 1 aromatic heterocycles. The Morgan fingerprint density at radius 3 is 2.65 bits per heavy atom. The zero-order valence-corrected chi connectivity index (χ0v) is 12.1. The molecule has 1 fully saturated rings. The SMILES string of the molecule is CC(C(N)=S)N1CCN(C(=O)c2ccncc2O)CC1. The highest BCUT2D eigenvalue weighted by Gasteiger charge is 2.26. The lowest BCUT2D eigenvalue weighted by Crippen LogP contribution is -2.53. The first kappa shape index (κ1) is 14.7. The Bertz CT molecular complexity index is 515. The van der Waals surface area contributed by atoms with Crippen molar-refractivity contribution in [2.75, 3.05) is 26.2 Å². The van der Waals surface area contributed by atoms with Crippen molar-refractivity contribution < 1.29 is 9.90 Å². The summed E-state index contributed by atoms with van der Waals surface area (Å²) >= 11 is 4.99. The van der Waals surface area contributed by atoms with Gasteiger partial charge in [-0.1, -0.05) is 12.2 Å². The molecule has 1 atom stereocenters. The smallest absolute Gasteiger partial charge is 0.257 e. The van der Waals surface area contributed by atoms with Gasteiger partial charge in [-0.05, 0) is 13.0 Å². The highest BCUT2D eigenvalue weighted by atomic mass is 32.1. The lowest BCUT2D eigenvalue weighted by Gasteiger charge is -2.37. The van der Waals surface area contributed by atoms with Crippen molar-refractivity contribution in [3.63, 3.8) is 0 Å². The van der Waals surface area contributed by atoms with Crippen LogP contribution in [0.1, 0.15) is 17.3 Å². The van der Waals surface area contributed by atoms with Gasteiger partial charge in [0.25, 0.3) is 5.91 Å². The van der Waals surface area contributed by atoms with E-state index in [0.29, 0.717) is 18.1 Å². The number of aromatic nitrogens is 1. The Balaban J connectivity index is 1.99. The number of nitrogens with two attached hydrogens (primary N) is 1. The molecule has 0 spiro atoms. The number of rotatable bonds is 3. The van der Waals surface area contributed by atoms with Crippen LogP contribution in [0.5, 0.6) is 5.75 Å². The van der Waals surface area contributed by atoms with Crippen molar-refractivity contribution in [1.82, 2.24) is 14.8 Å². The number of nitrogens with zero attached hydrogens (tertiary/aromatic N) is 3. The van der Waals surface area contributed by atoms with Gasteiger partial charge in [0.15, 0.2) is 0 Å². The van der Waals surface area contributed by atoms with E-state index in [9.17, 15) is 9.90 Å². The van der Waals surface area contributed by atoms with Gasteiger partial charge >= 0.3 is 0 Å². The second kappa shape index (κ2) is 6.15. The van der Waals surface area contributed by atoms with Gasteiger partial charge in [0.1, 0.15) is 5.75 Å². The van der Waals surface area contributed by atoms with Crippen LogP contribution in [-0.2, 0) is 0 Å². The monoisotopic (exact) mass is 294 g/mol. The molecule has 6 nitrogen and oxygen atoms in total. The second-order valence-electron chi connectivity index (χ2n) is 4.80. The molecule has 2 rings (SSSR count). The van der Waals surface area contributed by atoms with Gasteiger partial charge in [-0.2, -0.15) is 0 Å². The fourth-order valence-electron chi connectivity index (χ4n) is 2.23. The van der Waals surface area contributed by atoms with E-state index in [1.54, 1.807) is 4.90 Å². The number of aromatic hydroxyl groups is 1. The molecule has 1 amide bonds. The third-order valence-electron chi connectivity index (χ3n) is 3.59. The number of amides is 1. The molecule has 108 valence electrons. The third kappa shape index (κ3) is 3.05. The summed E-state index contributed by atoms with van der Waals surface area (Å²) in [5.74, 6) is -0.260. The maximum atomic E-state index is 12.3. The van der Waals surface area contributed by atoms with Crippen molar-refractivity contribution in [3.05, 3.63) is 24.0 Å². The molecule has 1 aromatic rings. The van der Waals surface area contributed by atoms with Gasteiger partial charge in [0, 0.05) is 32.4 Å². The van der Waals surface area contributed by atoms with Gasteiger partial charge in [-0.25, -0.2) is 0 Å². The van der Waals surface area contributed by atoms with Gasteiger partial charge in [-0.3, -0.25) is 14.7 Å². The van der Waals surface area contributed by atoms with Crippen LogP contribution in [0.4, 0.5) is 0 Å². The topological polar surface area (TPSA) is 82.7 Å². The van der Waals surface area contributed by atoms with Crippen molar-refractivity contribution in [3.8, 4) is 5.75 Å². The minimum atomic E-state index is -0.174. The average molecular weight is 294 g/mol. The lowest BCUT2D eigenvalue weighted by molar-refractivity contribution is 0.0618. The summed E-state index contributed by atoms with van der Waals surface area (Å²) < 4.78 is 0. The van der Waals surface area contributed by atoms with E-state index in [1.807, 2.05) is 6.92 Å². The summed E-state index contributed by atoms with van der Waals surface area (Å²) in [6.45, 7) is 4.59. The molecule has 7 heteroatoms. The molecule has 0 radical (unpaired) electrons. The van der Waals surface area contributed by atoms with Crippen LogP contribution < -0.4 is 5.73 Å². The standard InChI is InChI=1S/C13H18N4O2S/c1-9(12(14)20)16-4-6-17(7-5-16)13(19)10-2-3-15-8-11(10)18/h2-3,8-9,18H,4-7H2,1H3,(H2,14,20). The Hall–Kier alpha value is -1.73. The van der Waals surface area contributed by atoms with Crippen LogP contribution >= 0.6 is 12.2 Å². The van der Waals surface area contributed by atoms with Crippen molar-refractivity contribution in [2.45, 2.75) is 13.0 Å². The minimum absolute atomic E-state index is 0.0385. The number of thiocarbonyl (C=S) groups is 1. The maximum absolute atomic E-state index is 12.3. The van der Waals surface area contributed by atoms with Gasteiger partial charge in [0.05, 0.1) is 22.8 Å². The Labute approximate surface area is 123 Å². The van der Waals surface area contributed by atoms with Crippen LogP contribution in [0.2, 0.25) is 0 Å². The van der Waals surface area contributed by atoms with E-state index in [1.165, 1.54) is 18.5 Å². The molecule has 0 bridgehead atoms. The van der Waals surface area contributed by atoms with Crippen molar-refractivity contribution in [1.29, 1.82) is 0 Å². The first-order valence-electron chi connectivity index (χ1n) is 6.46. The molecule has 1 aliphatic rings. The van der Waals surface area contributed by atoms with E-state index in [2.05, 4.69) is 9.88 Å². The Morgan fingerprint density at radius 1 is 1.45 bits per heavy atom. The van der Waals surface area contributed by atoms with Crippen LogP contribution in [-0.4, -0.2) is 63.0 Å². The number of piperazine rings is 1. The highest BCUT2D eigenvalue weighted by Crippen LogP contribution is 2.18. The molecule has 1 aliphatic heterocycles. The zero-order chi connectivity index (χ0) is 14.7. The Morgan fingerprint density at radius 2 is 2.10 bits per heavy atom.